The molecule has 0 amide bonds. The summed E-state index contributed by atoms with van der Waals surface area (Å²) >= 11 is 0. The Balaban J connectivity index is 0.00000364. The molecule has 1 aromatic carbocycles. The Bertz CT molecular complexity index is 726. The third kappa shape index (κ3) is 4.75. The van der Waals surface area contributed by atoms with E-state index < -0.39 is 0 Å². The number of hydrogen-bond acceptors (Lipinski definition) is 1. The zero-order valence-corrected chi connectivity index (χ0v) is 20.4. The molecule has 0 bridgehead atoms. The van der Waals surface area contributed by atoms with Gasteiger partial charge in [-0.15, -0.1) is 0 Å². The number of aromatic nitrogens is 2. The fourth-order valence-electron chi connectivity index (χ4n) is 3.91. The van der Waals surface area contributed by atoms with Crippen molar-refractivity contribution in [2.24, 2.45) is 0 Å². The van der Waals surface area contributed by atoms with Crippen LogP contribution in [0.3, 0.4) is 0 Å². The molecule has 0 radical (unpaired) electrons. The molecule has 1 heterocycles. The number of nitrogens with zero attached hydrogens (tertiary/aromatic N) is 2. The van der Waals surface area contributed by atoms with Gasteiger partial charge in [0, 0.05) is 37.7 Å². The number of hydrogen-bond donors (Lipinski definition) is 0. The van der Waals surface area contributed by atoms with Crippen LogP contribution in [0.2, 0.25) is 0 Å². The molecule has 1 aromatic heterocycles. The van der Waals surface area contributed by atoms with Crippen molar-refractivity contribution in [3.63, 3.8) is 0 Å². The second kappa shape index (κ2) is 9.53. The zero-order chi connectivity index (χ0) is 19.8. The molecule has 0 unspecified atom stereocenters. The van der Waals surface area contributed by atoms with Crippen molar-refractivity contribution in [1.29, 1.82) is 0 Å². The third-order valence-corrected chi connectivity index (χ3v) is 5.18. The summed E-state index contributed by atoms with van der Waals surface area (Å²) in [5.41, 5.74) is 8.37. The normalized spacial score (nSPS) is 12.0. The van der Waals surface area contributed by atoms with Crippen molar-refractivity contribution in [1.82, 2.24) is 9.78 Å². The molecular weight excluding hydrogens is 423 g/mol. The van der Waals surface area contributed by atoms with Gasteiger partial charge in [-0.25, -0.2) is 0 Å². The maximum absolute atomic E-state index is 5.12. The first-order valence-corrected chi connectivity index (χ1v) is 10.3. The Morgan fingerprint density at radius 1 is 0.667 bits per heavy atom. The van der Waals surface area contributed by atoms with Gasteiger partial charge in [-0.05, 0) is 54.2 Å². The molecule has 2 nitrogen and oxygen atoms in total. The fraction of sp³-hybridized carbons (Fsp3) is 0.625. The van der Waals surface area contributed by atoms with Crippen LogP contribution in [0.4, 0.5) is 0 Å². The predicted octanol–water partition coefficient (Wildman–Crippen LogP) is 7.62. The van der Waals surface area contributed by atoms with Crippen LogP contribution in [0.1, 0.15) is 121 Å². The Labute approximate surface area is 180 Å². The Kier molecular flexibility index (Phi) is 8.52. The molecule has 154 valence electrons. The third-order valence-electron chi connectivity index (χ3n) is 5.18. The van der Waals surface area contributed by atoms with Crippen LogP contribution < -0.4 is 0 Å². The Hall–Kier alpha value is -0.908. The average molecular weight is 461 g/mol. The smallest absolute Gasteiger partial charge is 0.0731 e. The van der Waals surface area contributed by atoms with Gasteiger partial charge in [-0.2, -0.15) is 5.10 Å². The van der Waals surface area contributed by atoms with E-state index in [0.717, 1.165) is 0 Å². The monoisotopic (exact) mass is 460 g/mol. The van der Waals surface area contributed by atoms with Gasteiger partial charge in [0.05, 0.1) is 5.69 Å². The van der Waals surface area contributed by atoms with E-state index in [9.17, 15) is 0 Å². The van der Waals surface area contributed by atoms with Gasteiger partial charge in [0.2, 0.25) is 0 Å². The number of benzene rings is 1. The van der Waals surface area contributed by atoms with Crippen molar-refractivity contribution in [2.75, 3.05) is 0 Å². The van der Waals surface area contributed by atoms with Gasteiger partial charge < -0.3 is 0 Å². The molecule has 0 N–H and O–H groups in total. The molecule has 3 heteroatoms. The molecule has 0 saturated heterocycles. The summed E-state index contributed by atoms with van der Waals surface area (Å²) in [4.78, 5) is 0. The molecule has 0 atom stereocenters. The standard InChI is InChI=1S/C24H38N2.Pd/c1-14(2)19-12-11-13-20(15(3)4)21(19)22-23(16(5)6)25-26(18(9)10)24(22)17(7)8;/h11-18H,1-10H3;. The summed E-state index contributed by atoms with van der Waals surface area (Å²) in [5, 5.41) is 5.12. The van der Waals surface area contributed by atoms with Gasteiger partial charge in [-0.1, -0.05) is 73.6 Å². The van der Waals surface area contributed by atoms with Crippen LogP contribution in [-0.2, 0) is 20.4 Å². The first-order chi connectivity index (χ1) is 12.1. The van der Waals surface area contributed by atoms with Crippen LogP contribution >= 0.6 is 0 Å². The first kappa shape index (κ1) is 24.1. The van der Waals surface area contributed by atoms with E-state index in [1.54, 1.807) is 0 Å². The van der Waals surface area contributed by atoms with Crippen LogP contribution in [-0.4, -0.2) is 9.78 Å². The van der Waals surface area contributed by atoms with Crippen molar-refractivity contribution in [2.45, 2.75) is 99.0 Å². The summed E-state index contributed by atoms with van der Waals surface area (Å²) in [5.74, 6) is 1.83. The molecule has 0 aliphatic carbocycles. The average Bonchev–Trinajstić information content (AvgIpc) is 2.94. The van der Waals surface area contributed by atoms with Crippen molar-refractivity contribution >= 4 is 0 Å². The summed E-state index contributed by atoms with van der Waals surface area (Å²) in [6.45, 7) is 22.9. The largest absolute Gasteiger partial charge is 0.266 e. The molecule has 27 heavy (non-hydrogen) atoms. The molecule has 0 aliphatic heterocycles. The summed E-state index contributed by atoms with van der Waals surface area (Å²) in [7, 11) is 0. The van der Waals surface area contributed by atoms with Crippen LogP contribution in [0.5, 0.6) is 0 Å². The fourth-order valence-corrected chi connectivity index (χ4v) is 3.91. The van der Waals surface area contributed by atoms with E-state index in [1.807, 2.05) is 0 Å². The predicted molar refractivity (Wildman–Crippen MR) is 114 cm³/mol. The molecule has 0 saturated carbocycles. The summed E-state index contributed by atoms with van der Waals surface area (Å²) in [6, 6.07) is 7.22. The van der Waals surface area contributed by atoms with Crippen molar-refractivity contribution in [3.05, 3.63) is 40.7 Å². The number of rotatable bonds is 6. The quantitative estimate of drug-likeness (QED) is 0.405. The van der Waals surface area contributed by atoms with E-state index in [-0.39, 0.29) is 20.4 Å². The van der Waals surface area contributed by atoms with Crippen molar-refractivity contribution in [3.8, 4) is 11.1 Å². The topological polar surface area (TPSA) is 17.8 Å². The molecule has 0 aliphatic rings. The molecule has 0 fully saturated rings. The summed E-state index contributed by atoms with van der Waals surface area (Å²) in [6.07, 6.45) is 0. The molecule has 2 aromatic rings. The maximum Gasteiger partial charge on any atom is 0.0731 e. The molecule has 2 rings (SSSR count). The molecular formula is C24H38N2Pd. The maximum atomic E-state index is 5.12. The second-order valence-corrected chi connectivity index (χ2v) is 9.11. The van der Waals surface area contributed by atoms with E-state index >= 15 is 0 Å². The van der Waals surface area contributed by atoms with Crippen LogP contribution in [0.25, 0.3) is 11.1 Å². The minimum absolute atomic E-state index is 0. The van der Waals surface area contributed by atoms with Gasteiger partial charge in [-0.3, -0.25) is 4.68 Å². The summed E-state index contributed by atoms with van der Waals surface area (Å²) < 4.78 is 2.27. The van der Waals surface area contributed by atoms with E-state index in [2.05, 4.69) is 92.1 Å². The van der Waals surface area contributed by atoms with Crippen LogP contribution in [0, 0.1) is 0 Å². The van der Waals surface area contributed by atoms with Crippen LogP contribution in [0.15, 0.2) is 18.2 Å². The van der Waals surface area contributed by atoms with E-state index in [1.165, 1.54) is 33.6 Å². The van der Waals surface area contributed by atoms with Gasteiger partial charge in [0.1, 0.15) is 0 Å². The first-order valence-electron chi connectivity index (χ1n) is 10.3. The van der Waals surface area contributed by atoms with Gasteiger partial charge in [0.15, 0.2) is 0 Å². The second-order valence-electron chi connectivity index (χ2n) is 9.11. The van der Waals surface area contributed by atoms with E-state index in [4.69, 9.17) is 5.10 Å². The SMILES string of the molecule is CC(C)c1cccc(C(C)C)c1-c1c(C(C)C)nn(C(C)C)c1C(C)C.[Pd]. The Morgan fingerprint density at radius 3 is 1.48 bits per heavy atom. The van der Waals surface area contributed by atoms with Gasteiger partial charge in [0.25, 0.3) is 0 Å². The zero-order valence-electron chi connectivity index (χ0n) is 18.8. The van der Waals surface area contributed by atoms with Gasteiger partial charge >= 0.3 is 0 Å². The molecule has 0 spiro atoms. The van der Waals surface area contributed by atoms with Crippen molar-refractivity contribution < 1.29 is 20.4 Å². The Morgan fingerprint density at radius 2 is 1.15 bits per heavy atom. The minimum Gasteiger partial charge on any atom is -0.266 e. The van der Waals surface area contributed by atoms with E-state index in [0.29, 0.717) is 29.7 Å². The minimum atomic E-state index is 0.